The first kappa shape index (κ1) is 23.6. The molecule has 2 aromatic heterocycles. The van der Waals surface area contributed by atoms with Gasteiger partial charge in [-0.05, 0) is 93.0 Å². The highest BCUT2D eigenvalue weighted by molar-refractivity contribution is 7.22. The first-order chi connectivity index (χ1) is 18.7. The van der Waals surface area contributed by atoms with E-state index in [9.17, 15) is 0 Å². The summed E-state index contributed by atoms with van der Waals surface area (Å²) in [6, 6.07) is 37.0. The molecule has 186 valence electrons. The normalized spacial score (nSPS) is 11.8. The van der Waals surface area contributed by atoms with Gasteiger partial charge in [-0.3, -0.25) is 0 Å². The summed E-state index contributed by atoms with van der Waals surface area (Å²) in [7, 11) is 0. The summed E-state index contributed by atoms with van der Waals surface area (Å²) < 4.78 is 2.72. The van der Waals surface area contributed by atoms with E-state index < -0.39 is 0 Å². The highest BCUT2D eigenvalue weighted by Gasteiger charge is 2.12. The van der Waals surface area contributed by atoms with Gasteiger partial charge in [-0.1, -0.05) is 87.4 Å². The van der Waals surface area contributed by atoms with Gasteiger partial charge in [0.15, 0.2) is 0 Å². The third-order valence-electron chi connectivity index (χ3n) is 7.65. The molecule has 2 heteroatoms. The van der Waals surface area contributed by atoms with Crippen LogP contribution in [0.15, 0.2) is 97.1 Å². The van der Waals surface area contributed by atoms with E-state index in [1.54, 1.807) is 0 Å². The molecule has 7 aromatic rings. The van der Waals surface area contributed by atoms with Gasteiger partial charge < -0.3 is 0 Å². The van der Waals surface area contributed by atoms with Crippen LogP contribution in [-0.4, -0.2) is 0 Å². The Labute approximate surface area is 232 Å². The summed E-state index contributed by atoms with van der Waals surface area (Å²) in [5, 5.41) is 8.07. The van der Waals surface area contributed by atoms with Crippen LogP contribution < -0.4 is 0 Å². The molecular weight excluding hydrogens is 497 g/mol. The fraction of sp³-hybridized carbons (Fsp3) is 0.167. The summed E-state index contributed by atoms with van der Waals surface area (Å²) in [5.74, 6) is 0. The van der Waals surface area contributed by atoms with Crippen molar-refractivity contribution in [2.45, 2.75) is 39.5 Å². The predicted molar refractivity (Wildman–Crippen MR) is 171 cm³/mol. The molecule has 0 amide bonds. The van der Waals surface area contributed by atoms with Gasteiger partial charge in [0, 0.05) is 29.9 Å². The average Bonchev–Trinajstić information content (AvgIpc) is 3.58. The molecule has 0 N–H and O–H groups in total. The van der Waals surface area contributed by atoms with Gasteiger partial charge >= 0.3 is 0 Å². The van der Waals surface area contributed by atoms with Gasteiger partial charge in [0.2, 0.25) is 0 Å². The van der Waals surface area contributed by atoms with E-state index >= 15 is 0 Å². The van der Waals surface area contributed by atoms with Crippen LogP contribution in [0.5, 0.6) is 0 Å². The molecule has 0 radical (unpaired) electrons. The topological polar surface area (TPSA) is 0 Å². The molecule has 7 rings (SSSR count). The minimum absolute atomic E-state index is 1.14. The summed E-state index contributed by atoms with van der Waals surface area (Å²) in [4.78, 5) is 2.71. The standard InChI is InChI=1S/C36H30S2/c1-3-7-23-9-5-11-27(17-23)35-21-31-29-19-26-14-16-34-32(30(26)20-25(29)13-15-33(31)37-35)22-36(38-34)28-12-6-10-24(18-28)8-4-2/h5-6,9-22H,3-4,7-8H2,1-2H3. The van der Waals surface area contributed by atoms with E-state index in [1.165, 1.54) is 86.6 Å². The van der Waals surface area contributed by atoms with Crippen molar-refractivity contribution < 1.29 is 0 Å². The van der Waals surface area contributed by atoms with Crippen molar-refractivity contribution in [3.63, 3.8) is 0 Å². The fourth-order valence-electron chi connectivity index (χ4n) is 5.81. The van der Waals surface area contributed by atoms with E-state index in [0.717, 1.165) is 12.8 Å². The van der Waals surface area contributed by atoms with Crippen molar-refractivity contribution >= 4 is 64.4 Å². The zero-order valence-electron chi connectivity index (χ0n) is 21.9. The molecule has 0 bridgehead atoms. The number of benzene rings is 5. The zero-order valence-corrected chi connectivity index (χ0v) is 23.5. The molecule has 38 heavy (non-hydrogen) atoms. The van der Waals surface area contributed by atoms with Crippen LogP contribution in [0.25, 0.3) is 62.6 Å². The lowest BCUT2D eigenvalue weighted by molar-refractivity contribution is 0.922. The molecule has 0 spiro atoms. The Hall–Kier alpha value is -3.46. The van der Waals surface area contributed by atoms with Crippen molar-refractivity contribution in [3.05, 3.63) is 108 Å². The van der Waals surface area contributed by atoms with Crippen LogP contribution >= 0.6 is 22.7 Å². The molecule has 2 heterocycles. The second kappa shape index (κ2) is 9.69. The van der Waals surface area contributed by atoms with E-state index in [-0.39, 0.29) is 0 Å². The van der Waals surface area contributed by atoms with Crippen molar-refractivity contribution in [3.8, 4) is 20.9 Å². The van der Waals surface area contributed by atoms with Gasteiger partial charge in [0.25, 0.3) is 0 Å². The van der Waals surface area contributed by atoms with Gasteiger partial charge in [-0.15, -0.1) is 22.7 Å². The summed E-state index contributed by atoms with van der Waals surface area (Å²) in [6.45, 7) is 4.50. The van der Waals surface area contributed by atoms with Crippen molar-refractivity contribution in [1.82, 2.24) is 0 Å². The smallest absolute Gasteiger partial charge is 0.0355 e. The monoisotopic (exact) mass is 526 g/mol. The Morgan fingerprint density at radius 1 is 0.474 bits per heavy atom. The summed E-state index contributed by atoms with van der Waals surface area (Å²) in [5.41, 5.74) is 5.52. The first-order valence-electron chi connectivity index (χ1n) is 13.7. The molecule has 0 saturated heterocycles. The highest BCUT2D eigenvalue weighted by atomic mass is 32.1. The molecule has 0 saturated carbocycles. The molecule has 0 aliphatic rings. The molecular formula is C36H30S2. The van der Waals surface area contributed by atoms with Gasteiger partial charge in [-0.2, -0.15) is 0 Å². The van der Waals surface area contributed by atoms with Crippen molar-refractivity contribution in [2.24, 2.45) is 0 Å². The lowest BCUT2D eigenvalue weighted by Crippen LogP contribution is -1.83. The molecule has 0 nitrogen and oxygen atoms in total. The Morgan fingerprint density at radius 2 is 0.947 bits per heavy atom. The third kappa shape index (κ3) is 4.13. The second-order valence-corrected chi connectivity index (χ2v) is 12.5. The number of aryl methyl sites for hydroxylation is 2. The largest absolute Gasteiger partial charge is 0.135 e. The van der Waals surface area contributed by atoms with Gasteiger partial charge in [0.05, 0.1) is 0 Å². The fourth-order valence-corrected chi connectivity index (χ4v) is 7.95. The van der Waals surface area contributed by atoms with Gasteiger partial charge in [-0.25, -0.2) is 0 Å². The zero-order chi connectivity index (χ0) is 25.6. The van der Waals surface area contributed by atoms with Crippen LogP contribution in [0.2, 0.25) is 0 Å². The Kier molecular flexibility index (Phi) is 6.03. The van der Waals surface area contributed by atoms with Crippen LogP contribution in [0.3, 0.4) is 0 Å². The maximum Gasteiger partial charge on any atom is 0.0355 e. The quantitative estimate of drug-likeness (QED) is 0.189. The Bertz CT molecular complexity index is 1810. The minimum Gasteiger partial charge on any atom is -0.135 e. The minimum atomic E-state index is 1.14. The maximum atomic E-state index is 2.41. The molecule has 0 atom stereocenters. The van der Waals surface area contributed by atoms with E-state index in [0.29, 0.717) is 0 Å². The van der Waals surface area contributed by atoms with Crippen LogP contribution in [0.1, 0.15) is 37.8 Å². The van der Waals surface area contributed by atoms with E-state index in [2.05, 4.69) is 111 Å². The third-order valence-corrected chi connectivity index (χ3v) is 9.95. The van der Waals surface area contributed by atoms with Crippen LogP contribution in [-0.2, 0) is 12.8 Å². The van der Waals surface area contributed by atoms with Gasteiger partial charge in [0.1, 0.15) is 0 Å². The molecule has 5 aromatic carbocycles. The van der Waals surface area contributed by atoms with Crippen LogP contribution in [0, 0.1) is 0 Å². The molecule has 0 unspecified atom stereocenters. The van der Waals surface area contributed by atoms with Crippen molar-refractivity contribution in [1.29, 1.82) is 0 Å². The van der Waals surface area contributed by atoms with Crippen molar-refractivity contribution in [2.75, 3.05) is 0 Å². The predicted octanol–water partition coefficient (Wildman–Crippen LogP) is 11.7. The molecule has 0 fully saturated rings. The lowest BCUT2D eigenvalue weighted by Gasteiger charge is -2.05. The summed E-state index contributed by atoms with van der Waals surface area (Å²) >= 11 is 3.81. The second-order valence-electron chi connectivity index (χ2n) is 10.4. The molecule has 0 aliphatic heterocycles. The van der Waals surface area contributed by atoms with E-state index in [4.69, 9.17) is 0 Å². The summed E-state index contributed by atoms with van der Waals surface area (Å²) in [6.07, 6.45) is 4.63. The SMILES string of the molecule is CCCc1cccc(-c2cc3c(ccc4cc5c(ccc6sc(-c7cccc(CCC)c7)cc65)cc43)s2)c1. The maximum absolute atomic E-state index is 2.41. The number of rotatable bonds is 6. The highest BCUT2D eigenvalue weighted by Crippen LogP contribution is 2.42. The van der Waals surface area contributed by atoms with Crippen LogP contribution in [0.4, 0.5) is 0 Å². The Balaban J connectivity index is 1.36. The Morgan fingerprint density at radius 3 is 1.39 bits per heavy atom. The lowest BCUT2D eigenvalue weighted by atomic mass is 9.98. The average molecular weight is 527 g/mol. The number of fused-ring (bicyclic) bond motifs is 6. The number of hydrogen-bond donors (Lipinski definition) is 0. The number of thiophene rings is 2. The first-order valence-corrected chi connectivity index (χ1v) is 15.3. The molecule has 0 aliphatic carbocycles. The number of hydrogen-bond acceptors (Lipinski definition) is 2. The van der Waals surface area contributed by atoms with E-state index in [1.807, 2.05) is 22.7 Å².